The topological polar surface area (TPSA) is 100 Å². The molecule has 1 aliphatic rings. The summed E-state index contributed by atoms with van der Waals surface area (Å²) in [5.41, 5.74) is 0. The fourth-order valence-electron chi connectivity index (χ4n) is 2.06. The molecule has 1 N–H and O–H groups in total. The molecule has 2 rings (SSSR count). The molecule has 1 unspecified atom stereocenters. The Bertz CT molecular complexity index is 527. The minimum Gasteiger partial charge on any atom is -0.480 e. The molecule has 1 aromatic heterocycles. The number of hydrogen-bond acceptors (Lipinski definition) is 5. The molecular weight excluding hydrogens is 280 g/mol. The summed E-state index contributed by atoms with van der Waals surface area (Å²) in [5.74, 6) is -1.87. The van der Waals surface area contributed by atoms with Crippen LogP contribution in [-0.2, 0) is 14.3 Å². The summed E-state index contributed by atoms with van der Waals surface area (Å²) in [4.78, 5) is 37.7. The van der Waals surface area contributed by atoms with E-state index in [-0.39, 0.29) is 32.1 Å². The van der Waals surface area contributed by atoms with Crippen LogP contribution in [0.2, 0.25) is 0 Å². The maximum atomic E-state index is 12.2. The molecule has 1 fully saturated rings. The van der Waals surface area contributed by atoms with Crippen LogP contribution in [0.25, 0.3) is 0 Å². The number of nitrogens with zero attached hydrogens (tertiary/aromatic N) is 2. The average molecular weight is 296 g/mol. The van der Waals surface area contributed by atoms with Gasteiger partial charge in [0, 0.05) is 13.6 Å². The van der Waals surface area contributed by atoms with E-state index in [1.54, 1.807) is 6.07 Å². The third-order valence-corrected chi connectivity index (χ3v) is 3.18. The zero-order valence-electron chi connectivity index (χ0n) is 11.5. The zero-order chi connectivity index (χ0) is 15.4. The summed E-state index contributed by atoms with van der Waals surface area (Å²) in [6, 6.07) is 2.06. The van der Waals surface area contributed by atoms with Gasteiger partial charge in [0.25, 0.3) is 5.91 Å². The maximum absolute atomic E-state index is 12.2. The van der Waals surface area contributed by atoms with Crippen molar-refractivity contribution in [2.24, 2.45) is 0 Å². The number of carbonyl (C=O) groups is 3. The molecule has 8 heteroatoms. The molecule has 1 saturated heterocycles. The summed E-state index contributed by atoms with van der Waals surface area (Å²) < 4.78 is 10.0. The Kier molecular flexibility index (Phi) is 4.59. The molecule has 0 radical (unpaired) electrons. The lowest BCUT2D eigenvalue weighted by Crippen LogP contribution is -2.55. The van der Waals surface area contributed by atoms with E-state index >= 15 is 0 Å². The van der Waals surface area contributed by atoms with Crippen LogP contribution in [0.3, 0.4) is 0 Å². The van der Waals surface area contributed by atoms with Gasteiger partial charge in [-0.1, -0.05) is 0 Å². The van der Waals surface area contributed by atoms with Crippen LogP contribution >= 0.6 is 0 Å². The van der Waals surface area contributed by atoms with E-state index in [1.807, 2.05) is 0 Å². The van der Waals surface area contributed by atoms with Crippen LogP contribution < -0.4 is 0 Å². The number of rotatable bonds is 4. The van der Waals surface area contributed by atoms with E-state index in [4.69, 9.17) is 14.3 Å². The first-order valence-electron chi connectivity index (χ1n) is 6.39. The molecule has 2 amide bonds. The lowest BCUT2D eigenvalue weighted by atomic mass is 10.2. The maximum Gasteiger partial charge on any atom is 0.328 e. The molecule has 1 aliphatic heterocycles. The van der Waals surface area contributed by atoms with E-state index in [1.165, 1.54) is 29.2 Å². The summed E-state index contributed by atoms with van der Waals surface area (Å²) >= 11 is 0. The molecule has 1 atom stereocenters. The fourth-order valence-corrected chi connectivity index (χ4v) is 2.06. The molecule has 0 spiro atoms. The van der Waals surface area contributed by atoms with Gasteiger partial charge in [0.15, 0.2) is 11.8 Å². The van der Waals surface area contributed by atoms with E-state index in [2.05, 4.69) is 0 Å². The number of furan rings is 1. The van der Waals surface area contributed by atoms with Crippen molar-refractivity contribution in [2.75, 3.05) is 33.4 Å². The van der Waals surface area contributed by atoms with Crippen molar-refractivity contribution in [3.05, 3.63) is 24.2 Å². The third-order valence-electron chi connectivity index (χ3n) is 3.18. The number of carboxylic acids is 1. The predicted molar refractivity (Wildman–Crippen MR) is 69.6 cm³/mol. The Hall–Kier alpha value is -2.35. The van der Waals surface area contributed by atoms with Crippen molar-refractivity contribution in [3.8, 4) is 0 Å². The largest absolute Gasteiger partial charge is 0.480 e. The van der Waals surface area contributed by atoms with Crippen LogP contribution in [-0.4, -0.2) is 72.1 Å². The third kappa shape index (κ3) is 3.40. The van der Waals surface area contributed by atoms with E-state index in [9.17, 15) is 14.4 Å². The van der Waals surface area contributed by atoms with Crippen molar-refractivity contribution in [1.82, 2.24) is 9.80 Å². The quantitative estimate of drug-likeness (QED) is 0.816. The van der Waals surface area contributed by atoms with Gasteiger partial charge in [0.1, 0.15) is 0 Å². The van der Waals surface area contributed by atoms with Gasteiger partial charge in [-0.25, -0.2) is 4.79 Å². The van der Waals surface area contributed by atoms with E-state index in [0.717, 1.165) is 0 Å². The molecule has 0 bridgehead atoms. The van der Waals surface area contributed by atoms with Crippen molar-refractivity contribution in [3.63, 3.8) is 0 Å². The highest BCUT2D eigenvalue weighted by Crippen LogP contribution is 2.10. The van der Waals surface area contributed by atoms with Crippen LogP contribution in [0.1, 0.15) is 10.6 Å². The molecule has 0 saturated carbocycles. The van der Waals surface area contributed by atoms with Gasteiger partial charge in [0.05, 0.1) is 26.0 Å². The van der Waals surface area contributed by atoms with Gasteiger partial charge in [0.2, 0.25) is 5.91 Å². The van der Waals surface area contributed by atoms with Gasteiger partial charge in [-0.15, -0.1) is 0 Å². The number of carboxylic acid groups (broad SMARTS) is 1. The number of aliphatic carboxylic acids is 1. The van der Waals surface area contributed by atoms with Crippen LogP contribution in [0.4, 0.5) is 0 Å². The highest BCUT2D eigenvalue weighted by Gasteiger charge is 2.33. The number of carbonyl (C=O) groups excluding carboxylic acids is 2. The lowest BCUT2D eigenvalue weighted by molar-refractivity contribution is -0.158. The lowest BCUT2D eigenvalue weighted by Gasteiger charge is -2.33. The minimum atomic E-state index is -1.12. The van der Waals surface area contributed by atoms with Gasteiger partial charge >= 0.3 is 5.97 Å². The summed E-state index contributed by atoms with van der Waals surface area (Å²) in [7, 11) is 1.46. The van der Waals surface area contributed by atoms with E-state index < -0.39 is 23.8 Å². The smallest absolute Gasteiger partial charge is 0.328 e. The molecule has 0 aliphatic carbocycles. The number of hydrogen-bond donors (Lipinski definition) is 1. The van der Waals surface area contributed by atoms with Crippen LogP contribution in [0.5, 0.6) is 0 Å². The molecule has 0 aromatic carbocycles. The Balaban J connectivity index is 1.99. The molecule has 2 heterocycles. The normalized spacial score (nSPS) is 18.3. The minimum absolute atomic E-state index is 0.0447. The molecule has 8 nitrogen and oxygen atoms in total. The first-order valence-corrected chi connectivity index (χ1v) is 6.39. The van der Waals surface area contributed by atoms with E-state index in [0.29, 0.717) is 0 Å². The Labute approximate surface area is 120 Å². The number of amides is 2. The molecule has 114 valence electrons. The fraction of sp³-hybridized carbons (Fsp3) is 0.462. The zero-order valence-corrected chi connectivity index (χ0v) is 11.5. The Morgan fingerprint density at radius 3 is 2.86 bits per heavy atom. The summed E-state index contributed by atoms with van der Waals surface area (Å²) in [6.45, 7) is 0.212. The first kappa shape index (κ1) is 15.0. The molecule has 21 heavy (non-hydrogen) atoms. The number of likely N-dealkylation sites (N-methyl/N-ethyl adjacent to an activating group) is 1. The van der Waals surface area contributed by atoms with Crippen molar-refractivity contribution in [2.45, 2.75) is 6.04 Å². The second-order valence-electron chi connectivity index (χ2n) is 4.65. The highest BCUT2D eigenvalue weighted by molar-refractivity contribution is 5.94. The Morgan fingerprint density at radius 1 is 1.48 bits per heavy atom. The number of ether oxygens (including phenoxy) is 1. The van der Waals surface area contributed by atoms with Gasteiger partial charge in [-0.05, 0) is 12.1 Å². The van der Waals surface area contributed by atoms with Crippen molar-refractivity contribution >= 4 is 17.8 Å². The average Bonchev–Trinajstić information content (AvgIpc) is 3.00. The predicted octanol–water partition coefficient (Wildman–Crippen LogP) is -0.336. The van der Waals surface area contributed by atoms with Crippen molar-refractivity contribution < 1.29 is 28.6 Å². The molecular formula is C13H16N2O6. The summed E-state index contributed by atoms with van der Waals surface area (Å²) in [6.07, 6.45) is 1.37. The Morgan fingerprint density at radius 2 is 2.24 bits per heavy atom. The second kappa shape index (κ2) is 6.40. The van der Waals surface area contributed by atoms with Crippen LogP contribution in [0, 0.1) is 0 Å². The van der Waals surface area contributed by atoms with Gasteiger partial charge in [-0.3, -0.25) is 9.59 Å². The monoisotopic (exact) mass is 296 g/mol. The SMILES string of the molecule is CN(CC(=O)N1CCOCC1C(=O)O)C(=O)c1ccco1. The second-order valence-corrected chi connectivity index (χ2v) is 4.65. The standard InChI is InChI=1S/C13H16N2O6/c1-14(12(17)10-3-2-5-21-10)7-11(16)15-4-6-20-8-9(15)13(18)19/h2-3,5,9H,4,6-8H2,1H3,(H,18,19). The van der Waals surface area contributed by atoms with Crippen molar-refractivity contribution in [1.29, 1.82) is 0 Å². The number of morpholine rings is 1. The summed E-state index contributed by atoms with van der Waals surface area (Å²) in [5, 5.41) is 9.08. The van der Waals surface area contributed by atoms with Gasteiger partial charge < -0.3 is 24.1 Å². The first-order chi connectivity index (χ1) is 10.0. The van der Waals surface area contributed by atoms with Crippen LogP contribution in [0.15, 0.2) is 22.8 Å². The van der Waals surface area contributed by atoms with Gasteiger partial charge in [-0.2, -0.15) is 0 Å². The molecule has 1 aromatic rings. The highest BCUT2D eigenvalue weighted by atomic mass is 16.5.